The Kier molecular flexibility index (Phi) is 6.83. The molecule has 186 valence electrons. The third kappa shape index (κ3) is 4.08. The summed E-state index contributed by atoms with van der Waals surface area (Å²) in [4.78, 5) is 0. The minimum absolute atomic E-state index is 0.0198. The van der Waals surface area contributed by atoms with Crippen LogP contribution in [0.2, 0.25) is 0 Å². The molecule has 7 heteroatoms. The van der Waals surface area contributed by atoms with Crippen molar-refractivity contribution in [1.82, 2.24) is 0 Å². The van der Waals surface area contributed by atoms with Crippen LogP contribution >= 0.6 is 0 Å². The van der Waals surface area contributed by atoms with E-state index in [1.54, 1.807) is 0 Å². The van der Waals surface area contributed by atoms with Crippen molar-refractivity contribution in [3.8, 4) is 0 Å². The first-order chi connectivity index (χ1) is 14.9. The van der Waals surface area contributed by atoms with Gasteiger partial charge in [-0.3, -0.25) is 4.55 Å². The fraction of sp³-hybridized carbons (Fsp3) is 1.00. The first-order valence-electron chi connectivity index (χ1n) is 12.9. The van der Waals surface area contributed by atoms with Gasteiger partial charge in [0.15, 0.2) is 0 Å². The van der Waals surface area contributed by atoms with Crippen LogP contribution in [0.1, 0.15) is 85.5 Å². The van der Waals surface area contributed by atoms with Crippen molar-refractivity contribution in [1.29, 1.82) is 0 Å². The molecule has 0 aromatic heterocycles. The Balaban J connectivity index is 1.56. The molecule has 0 saturated heterocycles. The van der Waals surface area contributed by atoms with Gasteiger partial charge in [0.05, 0.1) is 18.8 Å². The molecule has 3 N–H and O–H groups in total. The van der Waals surface area contributed by atoms with Crippen molar-refractivity contribution in [3.05, 3.63) is 0 Å². The minimum atomic E-state index is -4.39. The van der Waals surface area contributed by atoms with Crippen LogP contribution in [0.25, 0.3) is 0 Å². The van der Waals surface area contributed by atoms with E-state index in [2.05, 4.69) is 31.9 Å². The van der Waals surface area contributed by atoms with Crippen LogP contribution < -0.4 is 0 Å². The monoisotopic (exact) mass is 472 g/mol. The molecule has 3 unspecified atom stereocenters. The van der Waals surface area contributed by atoms with Crippen molar-refractivity contribution < 1.29 is 27.4 Å². The van der Waals surface area contributed by atoms with Gasteiger partial charge in [0.2, 0.25) is 0 Å². The second kappa shape index (κ2) is 8.78. The fourth-order valence-corrected chi connectivity index (χ4v) is 9.78. The van der Waals surface area contributed by atoms with E-state index in [0.717, 1.165) is 51.4 Å². The van der Waals surface area contributed by atoms with Crippen molar-refractivity contribution >= 4 is 10.4 Å². The second-order valence-electron chi connectivity index (χ2n) is 12.1. The van der Waals surface area contributed by atoms with Gasteiger partial charge in [-0.1, -0.05) is 34.1 Å². The first kappa shape index (κ1) is 24.9. The Morgan fingerprint density at radius 1 is 1.00 bits per heavy atom. The summed E-state index contributed by atoms with van der Waals surface area (Å²) in [6.07, 6.45) is 8.38. The number of hydrogen-bond donors (Lipinski definition) is 3. The van der Waals surface area contributed by atoms with Gasteiger partial charge >= 0.3 is 10.4 Å². The number of aliphatic hydroxyl groups is 2. The average molecular weight is 473 g/mol. The SMILES string of the molecule is CC[C@H]1[C@@H](O)[C@H]2C3CC[C@H](C(C)CCOS(=O)(=O)O)[C@@]3(C)CCC2[C@@]2(C)CC[C@@H](O)C[C@@H]12. The third-order valence-corrected chi connectivity index (χ3v) is 11.4. The standard InChI is InChI=1S/C25H44O6S/c1-5-17-21-14-16(26)8-11-25(21,4)20-9-12-24(3)18(6-7-19(24)22(20)23(17)27)15(2)10-13-31-32(28,29)30/h15-23,26-27H,5-14H2,1-4H3,(H,28,29,30)/t15?,16-,17-,18-,19?,20?,21+,22+,23-,24-,25-/m1/s1. The number of hydrogen-bond acceptors (Lipinski definition) is 5. The summed E-state index contributed by atoms with van der Waals surface area (Å²) in [6.45, 7) is 9.28. The topological polar surface area (TPSA) is 104 Å². The van der Waals surface area contributed by atoms with Crippen LogP contribution in [0.15, 0.2) is 0 Å². The van der Waals surface area contributed by atoms with Crippen LogP contribution in [0.5, 0.6) is 0 Å². The molecular formula is C25H44O6S. The quantitative estimate of drug-likeness (QED) is 0.493. The Labute approximate surface area is 194 Å². The summed E-state index contributed by atoms with van der Waals surface area (Å²) < 4.78 is 35.4. The molecule has 11 atom stereocenters. The van der Waals surface area contributed by atoms with Crippen molar-refractivity contribution in [3.63, 3.8) is 0 Å². The van der Waals surface area contributed by atoms with Crippen LogP contribution in [0.4, 0.5) is 0 Å². The largest absolute Gasteiger partial charge is 0.397 e. The van der Waals surface area contributed by atoms with Gasteiger partial charge in [-0.2, -0.15) is 8.42 Å². The average Bonchev–Trinajstić information content (AvgIpc) is 3.06. The van der Waals surface area contributed by atoms with Gasteiger partial charge in [-0.15, -0.1) is 0 Å². The molecule has 4 saturated carbocycles. The zero-order chi connectivity index (χ0) is 23.5. The Bertz CT molecular complexity index is 785. The highest BCUT2D eigenvalue weighted by molar-refractivity contribution is 7.80. The molecule has 0 aliphatic heterocycles. The predicted octanol–water partition coefficient (Wildman–Crippen LogP) is 4.46. The number of fused-ring (bicyclic) bond motifs is 5. The molecule has 4 rings (SSSR count). The third-order valence-electron chi connectivity index (χ3n) is 11.0. The molecule has 0 heterocycles. The highest BCUT2D eigenvalue weighted by Crippen LogP contribution is 2.69. The smallest absolute Gasteiger partial charge is 0.393 e. The summed E-state index contributed by atoms with van der Waals surface area (Å²) >= 11 is 0. The maximum Gasteiger partial charge on any atom is 0.397 e. The van der Waals surface area contributed by atoms with E-state index in [4.69, 9.17) is 4.55 Å². The molecule has 0 aromatic carbocycles. The lowest BCUT2D eigenvalue weighted by atomic mass is 9.41. The summed E-state index contributed by atoms with van der Waals surface area (Å²) in [7, 11) is -4.39. The van der Waals surface area contributed by atoms with Crippen molar-refractivity contribution in [2.45, 2.75) is 97.7 Å². The Hall–Kier alpha value is -0.210. The summed E-state index contributed by atoms with van der Waals surface area (Å²) in [6, 6.07) is 0. The lowest BCUT2D eigenvalue weighted by Gasteiger charge is -2.64. The maximum absolute atomic E-state index is 11.7. The van der Waals surface area contributed by atoms with Crippen LogP contribution in [0, 0.1) is 52.3 Å². The maximum atomic E-state index is 11.7. The molecule has 32 heavy (non-hydrogen) atoms. The Morgan fingerprint density at radius 3 is 2.31 bits per heavy atom. The van der Waals surface area contributed by atoms with Gasteiger partial charge in [0.25, 0.3) is 0 Å². The molecule has 0 radical (unpaired) electrons. The van der Waals surface area contributed by atoms with Crippen LogP contribution in [-0.2, 0) is 14.6 Å². The van der Waals surface area contributed by atoms with Crippen LogP contribution in [-0.4, -0.2) is 42.0 Å². The zero-order valence-corrected chi connectivity index (χ0v) is 21.1. The second-order valence-corrected chi connectivity index (χ2v) is 13.2. The van der Waals surface area contributed by atoms with E-state index in [9.17, 15) is 18.6 Å². The van der Waals surface area contributed by atoms with E-state index in [0.29, 0.717) is 41.9 Å². The van der Waals surface area contributed by atoms with E-state index >= 15 is 0 Å². The number of rotatable bonds is 6. The van der Waals surface area contributed by atoms with Gasteiger partial charge in [-0.25, -0.2) is 4.18 Å². The van der Waals surface area contributed by atoms with Crippen molar-refractivity contribution in [2.24, 2.45) is 52.3 Å². The van der Waals surface area contributed by atoms with Gasteiger partial charge in [-0.05, 0) is 104 Å². The molecule has 0 bridgehead atoms. The van der Waals surface area contributed by atoms with Crippen molar-refractivity contribution in [2.75, 3.05) is 6.61 Å². The summed E-state index contributed by atoms with van der Waals surface area (Å²) in [5, 5.41) is 22.1. The molecule has 0 aromatic rings. The Morgan fingerprint density at radius 2 is 1.66 bits per heavy atom. The molecule has 6 nitrogen and oxygen atoms in total. The normalized spacial score (nSPS) is 49.7. The van der Waals surface area contributed by atoms with E-state index in [1.807, 2.05) is 0 Å². The highest BCUT2D eigenvalue weighted by Gasteiger charge is 2.64. The molecule has 0 spiro atoms. The lowest BCUT2D eigenvalue weighted by molar-refractivity contribution is -0.203. The highest BCUT2D eigenvalue weighted by atomic mass is 32.3. The van der Waals surface area contributed by atoms with E-state index in [-0.39, 0.29) is 35.6 Å². The number of aliphatic hydroxyl groups excluding tert-OH is 2. The summed E-state index contributed by atoms with van der Waals surface area (Å²) in [5.74, 6) is 2.78. The van der Waals surface area contributed by atoms with E-state index in [1.165, 1.54) is 0 Å². The summed E-state index contributed by atoms with van der Waals surface area (Å²) in [5.41, 5.74) is 0.355. The minimum Gasteiger partial charge on any atom is -0.393 e. The molecule has 0 amide bonds. The molecule has 4 aliphatic rings. The lowest BCUT2D eigenvalue weighted by Crippen LogP contribution is -2.62. The van der Waals surface area contributed by atoms with Gasteiger partial charge in [0.1, 0.15) is 0 Å². The van der Waals surface area contributed by atoms with Gasteiger partial charge in [0, 0.05) is 0 Å². The molecule has 4 fully saturated rings. The molecular weight excluding hydrogens is 428 g/mol. The van der Waals surface area contributed by atoms with Gasteiger partial charge < -0.3 is 10.2 Å². The van der Waals surface area contributed by atoms with Crippen LogP contribution in [0.3, 0.4) is 0 Å². The molecule has 4 aliphatic carbocycles. The fourth-order valence-electron chi connectivity index (χ4n) is 9.47. The van der Waals surface area contributed by atoms with E-state index < -0.39 is 10.4 Å². The first-order valence-corrected chi connectivity index (χ1v) is 14.3. The predicted molar refractivity (Wildman–Crippen MR) is 123 cm³/mol. The zero-order valence-electron chi connectivity index (χ0n) is 20.2.